The average Bonchev–Trinajstić information content (AvgIpc) is 3.39. The summed E-state index contributed by atoms with van der Waals surface area (Å²) < 4.78 is 35.0. The molecule has 0 amide bonds. The second-order valence-electron chi connectivity index (χ2n) is 8.01. The smallest absolute Gasteiger partial charge is 0.268 e. The third-order valence-electron chi connectivity index (χ3n) is 5.85. The molecule has 0 saturated carbocycles. The molecule has 0 radical (unpaired) electrons. The maximum absolute atomic E-state index is 13.3. The van der Waals surface area contributed by atoms with Crippen molar-refractivity contribution in [3.63, 3.8) is 0 Å². The highest BCUT2D eigenvalue weighted by Gasteiger charge is 2.22. The lowest BCUT2D eigenvalue weighted by atomic mass is 10.00. The molecule has 0 N–H and O–H groups in total. The van der Waals surface area contributed by atoms with Crippen molar-refractivity contribution in [2.24, 2.45) is 0 Å². The zero-order valence-corrected chi connectivity index (χ0v) is 20.4. The lowest BCUT2D eigenvalue weighted by Gasteiger charge is -2.12. The van der Waals surface area contributed by atoms with Crippen LogP contribution in [0.2, 0.25) is 5.02 Å². The first-order valence-corrected chi connectivity index (χ1v) is 12.5. The van der Waals surface area contributed by atoms with Gasteiger partial charge in [-0.1, -0.05) is 29.8 Å². The number of ether oxygens (including phenoxy) is 1. The number of aromatic nitrogens is 3. The highest BCUT2D eigenvalue weighted by atomic mass is 35.5. The molecular formula is C26H22ClN3O3S. The molecule has 0 fully saturated rings. The molecule has 2 aromatic carbocycles. The zero-order valence-electron chi connectivity index (χ0n) is 18.9. The maximum Gasteiger partial charge on any atom is 0.268 e. The van der Waals surface area contributed by atoms with Gasteiger partial charge in [-0.2, -0.15) is 5.10 Å². The van der Waals surface area contributed by atoms with Crippen LogP contribution in [0.3, 0.4) is 0 Å². The fourth-order valence-electron chi connectivity index (χ4n) is 4.23. The molecule has 6 nitrogen and oxygen atoms in total. The summed E-state index contributed by atoms with van der Waals surface area (Å²) in [4.78, 5) is 0.226. The minimum Gasteiger partial charge on any atom is -0.495 e. The second kappa shape index (κ2) is 8.34. The predicted octanol–water partition coefficient (Wildman–Crippen LogP) is 5.99. The van der Waals surface area contributed by atoms with Crippen LogP contribution in [-0.2, 0) is 10.0 Å². The van der Waals surface area contributed by atoms with Crippen molar-refractivity contribution < 1.29 is 13.2 Å². The van der Waals surface area contributed by atoms with Crippen LogP contribution < -0.4 is 4.74 Å². The van der Waals surface area contributed by atoms with Crippen molar-refractivity contribution in [1.29, 1.82) is 0 Å². The fraction of sp³-hybridized carbons (Fsp3) is 0.115. The molecule has 0 saturated heterocycles. The summed E-state index contributed by atoms with van der Waals surface area (Å²) in [5.74, 6) is 0.584. The number of halogens is 1. The molecule has 0 unspecified atom stereocenters. The average molecular weight is 492 g/mol. The highest BCUT2D eigenvalue weighted by Crippen LogP contribution is 2.38. The zero-order chi connectivity index (χ0) is 24.0. The molecule has 3 heterocycles. The van der Waals surface area contributed by atoms with Gasteiger partial charge in [-0.15, -0.1) is 0 Å². The number of hydrogen-bond acceptors (Lipinski definition) is 4. The van der Waals surface area contributed by atoms with Gasteiger partial charge in [-0.25, -0.2) is 16.9 Å². The van der Waals surface area contributed by atoms with Gasteiger partial charge in [0.05, 0.1) is 22.5 Å². The van der Waals surface area contributed by atoms with Crippen molar-refractivity contribution in [2.45, 2.75) is 18.7 Å². The largest absolute Gasteiger partial charge is 0.495 e. The third-order valence-corrected chi connectivity index (χ3v) is 8.07. The van der Waals surface area contributed by atoms with Crippen molar-refractivity contribution in [1.82, 2.24) is 13.6 Å². The molecule has 0 aliphatic heterocycles. The maximum atomic E-state index is 13.3. The minimum absolute atomic E-state index is 0.226. The Bertz CT molecular complexity index is 1610. The summed E-state index contributed by atoms with van der Waals surface area (Å²) in [6.07, 6.45) is 1.88. The molecule has 3 aromatic heterocycles. The number of nitrogens with zero attached hydrogens (tertiary/aromatic N) is 3. The summed E-state index contributed by atoms with van der Waals surface area (Å²) in [6, 6.07) is 21.9. The van der Waals surface area contributed by atoms with Crippen LogP contribution in [0.1, 0.15) is 11.4 Å². The van der Waals surface area contributed by atoms with Crippen LogP contribution in [0, 0.1) is 13.8 Å². The van der Waals surface area contributed by atoms with Crippen molar-refractivity contribution in [2.75, 3.05) is 7.11 Å². The monoisotopic (exact) mass is 491 g/mol. The van der Waals surface area contributed by atoms with Gasteiger partial charge < -0.3 is 4.74 Å². The predicted molar refractivity (Wildman–Crippen MR) is 134 cm³/mol. The van der Waals surface area contributed by atoms with Crippen LogP contribution in [0.15, 0.2) is 83.9 Å². The molecule has 5 aromatic rings. The summed E-state index contributed by atoms with van der Waals surface area (Å²) in [6.45, 7) is 3.56. The Balaban J connectivity index is 1.65. The van der Waals surface area contributed by atoms with Gasteiger partial charge in [-0.3, -0.25) is 0 Å². The molecule has 0 bridgehead atoms. The standard InChI is InChI=1S/C26H22ClN3O3S/c1-17-7-8-18(2)30(17)34(31,32)21-12-9-19(10-13-21)25-23-6-4-5-15-29(23)28-26(25)20-11-14-24(33-3)22(27)16-20/h4-16H,1-3H3. The van der Waals surface area contributed by atoms with E-state index in [0.29, 0.717) is 22.2 Å². The molecule has 0 atom stereocenters. The Morgan fingerprint density at radius 1 is 0.882 bits per heavy atom. The fourth-order valence-corrected chi connectivity index (χ4v) is 6.06. The first-order chi connectivity index (χ1) is 16.3. The van der Waals surface area contributed by atoms with Crippen LogP contribution in [0.5, 0.6) is 5.75 Å². The van der Waals surface area contributed by atoms with E-state index in [1.54, 1.807) is 49.7 Å². The SMILES string of the molecule is COc1ccc(-c2nn3ccccc3c2-c2ccc(S(=O)(=O)n3c(C)ccc3C)cc2)cc1Cl. The normalized spacial score (nSPS) is 11.8. The van der Waals surface area contributed by atoms with Gasteiger partial charge in [0.2, 0.25) is 0 Å². The van der Waals surface area contributed by atoms with E-state index in [0.717, 1.165) is 27.9 Å². The van der Waals surface area contributed by atoms with E-state index in [2.05, 4.69) is 0 Å². The lowest BCUT2D eigenvalue weighted by Crippen LogP contribution is -2.15. The Labute approximate surface area is 203 Å². The number of fused-ring (bicyclic) bond motifs is 1. The molecule has 0 aliphatic carbocycles. The van der Waals surface area contributed by atoms with E-state index in [4.69, 9.17) is 21.4 Å². The number of rotatable bonds is 5. The van der Waals surface area contributed by atoms with E-state index < -0.39 is 10.0 Å². The van der Waals surface area contributed by atoms with Crippen molar-refractivity contribution >= 4 is 27.1 Å². The lowest BCUT2D eigenvalue weighted by molar-refractivity contribution is 0.415. The van der Waals surface area contributed by atoms with Crippen molar-refractivity contribution in [3.8, 4) is 28.1 Å². The number of pyridine rings is 1. The molecular weight excluding hydrogens is 470 g/mol. The van der Waals surface area contributed by atoms with Crippen LogP contribution >= 0.6 is 11.6 Å². The highest BCUT2D eigenvalue weighted by molar-refractivity contribution is 7.90. The van der Waals surface area contributed by atoms with E-state index in [-0.39, 0.29) is 4.90 Å². The molecule has 0 spiro atoms. The summed E-state index contributed by atoms with van der Waals surface area (Å²) in [7, 11) is -2.12. The summed E-state index contributed by atoms with van der Waals surface area (Å²) >= 11 is 6.39. The quantitative estimate of drug-likeness (QED) is 0.303. The Kier molecular flexibility index (Phi) is 5.46. The molecule has 8 heteroatoms. The van der Waals surface area contributed by atoms with Gasteiger partial charge in [0.25, 0.3) is 10.0 Å². The third kappa shape index (κ3) is 3.57. The van der Waals surface area contributed by atoms with E-state index in [1.807, 2.05) is 54.7 Å². The Morgan fingerprint density at radius 3 is 2.21 bits per heavy atom. The van der Waals surface area contributed by atoms with Gasteiger partial charge in [0.15, 0.2) is 0 Å². The van der Waals surface area contributed by atoms with Gasteiger partial charge >= 0.3 is 0 Å². The topological polar surface area (TPSA) is 65.6 Å². The Hall–Kier alpha value is -3.55. The van der Waals surface area contributed by atoms with Gasteiger partial charge in [0.1, 0.15) is 11.4 Å². The van der Waals surface area contributed by atoms with Crippen LogP contribution in [0.25, 0.3) is 27.9 Å². The van der Waals surface area contributed by atoms with Crippen LogP contribution in [-0.4, -0.2) is 29.1 Å². The molecule has 5 rings (SSSR count). The number of methoxy groups -OCH3 is 1. The minimum atomic E-state index is -3.70. The van der Waals surface area contributed by atoms with Crippen molar-refractivity contribution in [3.05, 3.63) is 95.4 Å². The molecule has 34 heavy (non-hydrogen) atoms. The molecule has 0 aliphatic rings. The second-order valence-corrected chi connectivity index (χ2v) is 10.2. The molecule has 172 valence electrons. The summed E-state index contributed by atoms with van der Waals surface area (Å²) in [5, 5.41) is 5.27. The van der Waals surface area contributed by atoms with Gasteiger partial charge in [0, 0.05) is 28.7 Å². The van der Waals surface area contributed by atoms with Crippen LogP contribution in [0.4, 0.5) is 0 Å². The van der Waals surface area contributed by atoms with E-state index >= 15 is 0 Å². The van der Waals surface area contributed by atoms with E-state index in [9.17, 15) is 8.42 Å². The number of hydrogen-bond donors (Lipinski definition) is 0. The van der Waals surface area contributed by atoms with E-state index in [1.165, 1.54) is 3.97 Å². The number of aryl methyl sites for hydroxylation is 2. The first-order valence-electron chi connectivity index (χ1n) is 10.6. The number of benzene rings is 2. The first kappa shape index (κ1) is 22.3. The Morgan fingerprint density at radius 2 is 1.56 bits per heavy atom. The summed E-state index contributed by atoms with van der Waals surface area (Å²) in [5.41, 5.74) is 5.55. The van der Waals surface area contributed by atoms with Gasteiger partial charge in [-0.05, 0) is 74.0 Å².